The third-order valence-corrected chi connectivity index (χ3v) is 4.58. The number of rotatable bonds is 4. The van der Waals surface area contributed by atoms with Crippen molar-refractivity contribution in [1.82, 2.24) is 0 Å². The summed E-state index contributed by atoms with van der Waals surface area (Å²) in [6.45, 7) is 1.79. The molecule has 104 valence electrons. The Labute approximate surface area is 140 Å². The number of hydrogen-bond donors (Lipinski definition) is 2. The first kappa shape index (κ1) is 15.3. The molecule has 3 nitrogen and oxygen atoms in total. The van der Waals surface area contributed by atoms with Crippen molar-refractivity contribution in [2.75, 3.05) is 5.32 Å². The van der Waals surface area contributed by atoms with E-state index in [-0.39, 0.29) is 0 Å². The second-order valence-corrected chi connectivity index (χ2v) is 6.70. The van der Waals surface area contributed by atoms with E-state index in [1.54, 1.807) is 6.92 Å². The molecule has 0 aromatic heterocycles. The summed E-state index contributed by atoms with van der Waals surface area (Å²) >= 11 is 5.69. The SMILES string of the molecule is CC(Nc1ccccc1Br)(C(N)=O)c1ccc(I)cc1. The summed E-state index contributed by atoms with van der Waals surface area (Å²) in [5.74, 6) is -0.422. The van der Waals surface area contributed by atoms with Gasteiger partial charge in [-0.05, 0) is 75.3 Å². The number of hydrogen-bond acceptors (Lipinski definition) is 2. The molecule has 1 atom stereocenters. The van der Waals surface area contributed by atoms with Gasteiger partial charge in [0, 0.05) is 13.7 Å². The molecule has 0 aliphatic heterocycles. The molecule has 2 rings (SSSR count). The van der Waals surface area contributed by atoms with Crippen molar-refractivity contribution in [1.29, 1.82) is 0 Å². The van der Waals surface area contributed by atoms with E-state index in [0.29, 0.717) is 0 Å². The molecule has 1 amide bonds. The van der Waals surface area contributed by atoms with Gasteiger partial charge in [-0.3, -0.25) is 4.79 Å². The van der Waals surface area contributed by atoms with E-state index in [4.69, 9.17) is 5.73 Å². The van der Waals surface area contributed by atoms with Crippen LogP contribution in [0.2, 0.25) is 0 Å². The van der Waals surface area contributed by atoms with Crippen molar-refractivity contribution in [3.8, 4) is 0 Å². The minimum absolute atomic E-state index is 0.422. The summed E-state index contributed by atoms with van der Waals surface area (Å²) in [5.41, 5.74) is 6.32. The van der Waals surface area contributed by atoms with Crippen molar-refractivity contribution < 1.29 is 4.79 Å². The standard InChI is InChI=1S/C15H14BrIN2O/c1-15(14(18)20,10-6-8-11(17)9-7-10)19-13-5-3-2-4-12(13)16/h2-9,19H,1H3,(H2,18,20). The maximum atomic E-state index is 12.0. The molecule has 1 unspecified atom stereocenters. The normalized spacial score (nSPS) is 13.6. The minimum atomic E-state index is -0.964. The molecule has 0 radical (unpaired) electrons. The molecule has 20 heavy (non-hydrogen) atoms. The van der Waals surface area contributed by atoms with Gasteiger partial charge in [0.25, 0.3) is 0 Å². The van der Waals surface area contributed by atoms with Crippen molar-refractivity contribution in [3.05, 3.63) is 62.1 Å². The van der Waals surface area contributed by atoms with E-state index in [1.165, 1.54) is 0 Å². The predicted octanol–water partition coefficient (Wildman–Crippen LogP) is 3.87. The number of carbonyl (C=O) groups is 1. The van der Waals surface area contributed by atoms with Crippen molar-refractivity contribution in [3.63, 3.8) is 0 Å². The number of nitrogens with one attached hydrogen (secondary N) is 1. The Morgan fingerprint density at radius 3 is 2.35 bits per heavy atom. The van der Waals surface area contributed by atoms with Crippen molar-refractivity contribution in [2.45, 2.75) is 12.5 Å². The first-order valence-electron chi connectivity index (χ1n) is 6.02. The van der Waals surface area contributed by atoms with Gasteiger partial charge in [0.15, 0.2) is 0 Å². The average molecular weight is 445 g/mol. The zero-order valence-corrected chi connectivity index (χ0v) is 14.6. The maximum absolute atomic E-state index is 12.0. The molecule has 5 heteroatoms. The van der Waals surface area contributed by atoms with Crippen molar-refractivity contribution >= 4 is 50.1 Å². The lowest BCUT2D eigenvalue weighted by Gasteiger charge is -2.29. The van der Waals surface area contributed by atoms with Gasteiger partial charge < -0.3 is 11.1 Å². The first-order valence-corrected chi connectivity index (χ1v) is 7.89. The van der Waals surface area contributed by atoms with Gasteiger partial charge in [-0.1, -0.05) is 24.3 Å². The fourth-order valence-corrected chi connectivity index (χ4v) is 2.63. The molecule has 0 aliphatic rings. The Balaban J connectivity index is 2.43. The summed E-state index contributed by atoms with van der Waals surface area (Å²) in [7, 11) is 0. The molecule has 0 saturated heterocycles. The summed E-state index contributed by atoms with van der Waals surface area (Å²) in [6, 6.07) is 15.4. The second-order valence-electron chi connectivity index (χ2n) is 4.60. The van der Waals surface area contributed by atoms with Crippen LogP contribution in [0.4, 0.5) is 5.69 Å². The number of nitrogens with two attached hydrogens (primary N) is 1. The largest absolute Gasteiger partial charge is 0.367 e. The highest BCUT2D eigenvalue weighted by molar-refractivity contribution is 14.1. The molecular formula is C15H14BrIN2O. The topological polar surface area (TPSA) is 55.1 Å². The lowest BCUT2D eigenvalue weighted by Crippen LogP contribution is -2.45. The van der Waals surface area contributed by atoms with Gasteiger partial charge in [-0.15, -0.1) is 0 Å². The van der Waals surface area contributed by atoms with Gasteiger partial charge >= 0.3 is 0 Å². The highest BCUT2D eigenvalue weighted by atomic mass is 127. The Bertz CT molecular complexity index is 630. The van der Waals surface area contributed by atoms with Crippen LogP contribution in [-0.4, -0.2) is 5.91 Å². The average Bonchev–Trinajstić information content (AvgIpc) is 2.42. The smallest absolute Gasteiger partial charge is 0.247 e. The van der Waals surface area contributed by atoms with Crippen LogP contribution in [0.1, 0.15) is 12.5 Å². The fraction of sp³-hybridized carbons (Fsp3) is 0.133. The number of primary amides is 1. The van der Waals surface area contributed by atoms with E-state index >= 15 is 0 Å². The molecule has 2 aromatic rings. The summed E-state index contributed by atoms with van der Waals surface area (Å²) in [5, 5.41) is 3.24. The second kappa shape index (κ2) is 6.13. The van der Waals surface area contributed by atoms with E-state index < -0.39 is 11.4 Å². The lowest BCUT2D eigenvalue weighted by atomic mass is 9.91. The molecular weight excluding hydrogens is 431 g/mol. The van der Waals surface area contributed by atoms with Crippen LogP contribution in [0.25, 0.3) is 0 Å². The monoisotopic (exact) mass is 444 g/mol. The number of carbonyl (C=O) groups excluding carboxylic acids is 1. The number of halogens is 2. The van der Waals surface area contributed by atoms with E-state index in [9.17, 15) is 4.79 Å². The molecule has 0 aliphatic carbocycles. The first-order chi connectivity index (χ1) is 9.43. The van der Waals surface area contributed by atoms with Gasteiger partial charge in [0.1, 0.15) is 5.54 Å². The van der Waals surface area contributed by atoms with Crippen LogP contribution in [0.15, 0.2) is 53.0 Å². The van der Waals surface area contributed by atoms with E-state index in [1.807, 2.05) is 48.5 Å². The van der Waals surface area contributed by atoms with Crippen LogP contribution >= 0.6 is 38.5 Å². The minimum Gasteiger partial charge on any atom is -0.367 e. The molecule has 0 fully saturated rings. The Kier molecular flexibility index (Phi) is 4.70. The van der Waals surface area contributed by atoms with Gasteiger partial charge in [0.05, 0.1) is 0 Å². The molecule has 0 saturated carbocycles. The molecule has 2 aromatic carbocycles. The zero-order chi connectivity index (χ0) is 14.8. The summed E-state index contributed by atoms with van der Waals surface area (Å²) in [4.78, 5) is 12.0. The third-order valence-electron chi connectivity index (χ3n) is 3.17. The quantitative estimate of drug-likeness (QED) is 0.703. The van der Waals surface area contributed by atoms with Crippen LogP contribution in [0.3, 0.4) is 0 Å². The predicted molar refractivity (Wildman–Crippen MR) is 93.5 cm³/mol. The van der Waals surface area contributed by atoms with E-state index in [0.717, 1.165) is 19.3 Å². The van der Waals surface area contributed by atoms with Crippen LogP contribution in [-0.2, 0) is 10.3 Å². The number of amides is 1. The van der Waals surface area contributed by atoms with Crippen LogP contribution in [0.5, 0.6) is 0 Å². The fourth-order valence-electron chi connectivity index (χ4n) is 1.89. The van der Waals surface area contributed by atoms with E-state index in [2.05, 4.69) is 43.8 Å². The summed E-state index contributed by atoms with van der Waals surface area (Å²) < 4.78 is 2.00. The molecule has 0 heterocycles. The summed E-state index contributed by atoms with van der Waals surface area (Å²) in [6.07, 6.45) is 0. The van der Waals surface area contributed by atoms with Crippen LogP contribution in [0, 0.1) is 3.57 Å². The number of para-hydroxylation sites is 1. The van der Waals surface area contributed by atoms with Crippen LogP contribution < -0.4 is 11.1 Å². The molecule has 3 N–H and O–H groups in total. The molecule has 0 bridgehead atoms. The Hall–Kier alpha value is -1.08. The lowest BCUT2D eigenvalue weighted by molar-refractivity contribution is -0.122. The van der Waals surface area contributed by atoms with Gasteiger partial charge in [0.2, 0.25) is 5.91 Å². The highest BCUT2D eigenvalue weighted by Crippen LogP contribution is 2.30. The third kappa shape index (κ3) is 3.15. The molecule has 0 spiro atoms. The maximum Gasteiger partial charge on any atom is 0.247 e. The van der Waals surface area contributed by atoms with Gasteiger partial charge in [-0.25, -0.2) is 0 Å². The zero-order valence-electron chi connectivity index (χ0n) is 10.9. The van der Waals surface area contributed by atoms with Crippen molar-refractivity contribution in [2.24, 2.45) is 5.73 Å². The Morgan fingerprint density at radius 2 is 1.80 bits per heavy atom. The highest BCUT2D eigenvalue weighted by Gasteiger charge is 2.33. The number of anilines is 1. The Morgan fingerprint density at radius 1 is 1.20 bits per heavy atom. The number of benzene rings is 2. The van der Waals surface area contributed by atoms with Gasteiger partial charge in [-0.2, -0.15) is 0 Å².